The average molecular weight is 381 g/mol. The predicted molar refractivity (Wildman–Crippen MR) is 99.7 cm³/mol. The summed E-state index contributed by atoms with van der Waals surface area (Å²) in [4.78, 5) is 22.1. The molecule has 0 aliphatic rings. The zero-order valence-corrected chi connectivity index (χ0v) is 14.8. The second-order valence-electron chi connectivity index (χ2n) is 5.67. The van der Waals surface area contributed by atoms with E-state index in [0.29, 0.717) is 22.9 Å². The van der Waals surface area contributed by atoms with Crippen LogP contribution in [0.1, 0.15) is 11.3 Å². The zero-order chi connectivity index (χ0) is 20.1. The minimum Gasteiger partial charge on any atom is -0.438 e. The van der Waals surface area contributed by atoms with E-state index in [4.69, 9.17) is 10.5 Å². The normalized spacial score (nSPS) is 10.8. The van der Waals surface area contributed by atoms with Crippen LogP contribution in [0.15, 0.2) is 59.7 Å². The highest BCUT2D eigenvalue weighted by Crippen LogP contribution is 2.29. The number of carbonyl (C=O) groups is 2. The fourth-order valence-electron chi connectivity index (χ4n) is 2.33. The van der Waals surface area contributed by atoms with Crippen LogP contribution in [0.2, 0.25) is 0 Å². The van der Waals surface area contributed by atoms with Crippen LogP contribution < -0.4 is 15.9 Å². The van der Waals surface area contributed by atoms with Gasteiger partial charge in [0.15, 0.2) is 0 Å². The molecule has 0 unspecified atom stereocenters. The van der Waals surface area contributed by atoms with Crippen molar-refractivity contribution >= 4 is 18.0 Å². The highest BCUT2D eigenvalue weighted by molar-refractivity contribution is 6.34. The Kier molecular flexibility index (Phi) is 5.45. The molecule has 0 saturated carbocycles. The molecule has 9 heteroatoms. The van der Waals surface area contributed by atoms with Crippen LogP contribution in [-0.2, 0) is 9.59 Å². The van der Waals surface area contributed by atoms with Gasteiger partial charge in [0.2, 0.25) is 5.88 Å². The van der Waals surface area contributed by atoms with Crippen LogP contribution in [0.5, 0.6) is 11.6 Å². The maximum atomic E-state index is 13.2. The van der Waals surface area contributed by atoms with Gasteiger partial charge in [-0.1, -0.05) is 18.2 Å². The van der Waals surface area contributed by atoms with Crippen molar-refractivity contribution in [2.24, 2.45) is 10.8 Å². The van der Waals surface area contributed by atoms with Crippen molar-refractivity contribution in [1.29, 1.82) is 0 Å². The van der Waals surface area contributed by atoms with E-state index in [9.17, 15) is 14.0 Å². The van der Waals surface area contributed by atoms with Crippen molar-refractivity contribution in [3.05, 3.63) is 71.7 Å². The molecule has 28 heavy (non-hydrogen) atoms. The van der Waals surface area contributed by atoms with Crippen molar-refractivity contribution in [3.63, 3.8) is 0 Å². The summed E-state index contributed by atoms with van der Waals surface area (Å²) in [5.74, 6) is -1.92. The molecule has 0 radical (unpaired) electrons. The summed E-state index contributed by atoms with van der Waals surface area (Å²) in [6.07, 6.45) is 1.29. The number of hydrazone groups is 1. The Bertz CT molecular complexity index is 1030. The van der Waals surface area contributed by atoms with Crippen molar-refractivity contribution in [1.82, 2.24) is 15.2 Å². The lowest BCUT2D eigenvalue weighted by molar-refractivity contribution is -0.137. The number of rotatable bonds is 5. The largest absolute Gasteiger partial charge is 0.438 e. The highest BCUT2D eigenvalue weighted by Gasteiger charge is 2.18. The molecule has 1 aromatic heterocycles. The second kappa shape index (κ2) is 8.12. The Morgan fingerprint density at radius 3 is 2.50 bits per heavy atom. The first-order valence-corrected chi connectivity index (χ1v) is 8.17. The first-order chi connectivity index (χ1) is 13.5. The summed E-state index contributed by atoms with van der Waals surface area (Å²) in [6, 6.07) is 14.7. The van der Waals surface area contributed by atoms with E-state index < -0.39 is 17.6 Å². The van der Waals surface area contributed by atoms with Gasteiger partial charge >= 0.3 is 11.8 Å². The summed E-state index contributed by atoms with van der Waals surface area (Å²) in [5, 5.41) is 8.18. The van der Waals surface area contributed by atoms with Gasteiger partial charge in [-0.05, 0) is 43.3 Å². The molecular weight excluding hydrogens is 365 g/mol. The molecule has 0 aliphatic carbocycles. The highest BCUT2D eigenvalue weighted by atomic mass is 19.1. The summed E-state index contributed by atoms with van der Waals surface area (Å²) < 4.78 is 20.7. The van der Waals surface area contributed by atoms with Crippen LogP contribution in [0.3, 0.4) is 0 Å². The lowest BCUT2D eigenvalue weighted by atomic mass is 10.2. The van der Waals surface area contributed by atoms with Gasteiger partial charge in [-0.2, -0.15) is 14.9 Å². The molecule has 3 rings (SSSR count). The molecule has 0 saturated heterocycles. The Labute approximate surface area is 159 Å². The molecule has 3 N–H and O–H groups in total. The van der Waals surface area contributed by atoms with E-state index in [2.05, 4.69) is 10.2 Å². The number of carbonyl (C=O) groups excluding carboxylic acids is 2. The first-order valence-electron chi connectivity index (χ1n) is 8.17. The van der Waals surface area contributed by atoms with E-state index in [1.54, 1.807) is 11.6 Å². The molecule has 0 bridgehead atoms. The maximum Gasteiger partial charge on any atom is 0.329 e. The van der Waals surface area contributed by atoms with E-state index in [1.807, 2.05) is 35.8 Å². The fourth-order valence-corrected chi connectivity index (χ4v) is 2.33. The monoisotopic (exact) mass is 381 g/mol. The lowest BCUT2D eigenvalue weighted by Crippen LogP contribution is -2.32. The number of para-hydroxylation sites is 1. The fraction of sp³-hybridized carbons (Fsp3) is 0.0526. The second-order valence-corrected chi connectivity index (χ2v) is 5.67. The number of ether oxygens (including phenoxy) is 1. The molecule has 1 heterocycles. The Morgan fingerprint density at radius 1 is 1.18 bits per heavy atom. The van der Waals surface area contributed by atoms with Crippen LogP contribution >= 0.6 is 0 Å². The van der Waals surface area contributed by atoms with Crippen molar-refractivity contribution < 1.29 is 18.7 Å². The van der Waals surface area contributed by atoms with Crippen molar-refractivity contribution in [3.8, 4) is 17.3 Å². The number of aromatic nitrogens is 2. The number of primary amides is 1. The van der Waals surface area contributed by atoms with Crippen LogP contribution in [0.25, 0.3) is 5.69 Å². The van der Waals surface area contributed by atoms with E-state index in [1.165, 1.54) is 30.5 Å². The average Bonchev–Trinajstić information content (AvgIpc) is 3.00. The van der Waals surface area contributed by atoms with Gasteiger partial charge in [0.25, 0.3) is 0 Å². The van der Waals surface area contributed by atoms with Gasteiger partial charge in [-0.15, -0.1) is 0 Å². The van der Waals surface area contributed by atoms with Gasteiger partial charge in [0.1, 0.15) is 11.6 Å². The van der Waals surface area contributed by atoms with Gasteiger partial charge in [-0.3, -0.25) is 9.59 Å². The molecule has 2 aromatic carbocycles. The smallest absolute Gasteiger partial charge is 0.329 e. The number of benzene rings is 2. The van der Waals surface area contributed by atoms with E-state index in [0.717, 1.165) is 5.69 Å². The lowest BCUT2D eigenvalue weighted by Gasteiger charge is -2.10. The standard InChI is InChI=1S/C19H16FN5O3/c1-12-16(11-22-23-18(27)17(21)26)19(28-15-9-7-13(20)8-10-15)25(24-12)14-5-3-2-4-6-14/h2-11H,1H3,(H2,21,26)(H,23,27)/b22-11-. The molecular formula is C19H16FN5O3. The molecule has 0 aliphatic heterocycles. The van der Waals surface area contributed by atoms with E-state index >= 15 is 0 Å². The molecule has 0 fully saturated rings. The summed E-state index contributed by atoms with van der Waals surface area (Å²) >= 11 is 0. The quantitative estimate of drug-likeness (QED) is 0.400. The number of aryl methyl sites for hydroxylation is 1. The molecule has 0 atom stereocenters. The zero-order valence-electron chi connectivity index (χ0n) is 14.8. The predicted octanol–water partition coefficient (Wildman–Crippen LogP) is 2.05. The first kappa shape index (κ1) is 18.8. The SMILES string of the molecule is Cc1nn(-c2ccccc2)c(Oc2ccc(F)cc2)c1/C=N\NC(=O)C(N)=O. The van der Waals surface area contributed by atoms with Crippen LogP contribution in [0.4, 0.5) is 4.39 Å². The molecule has 142 valence electrons. The van der Waals surface area contributed by atoms with Gasteiger partial charge in [-0.25, -0.2) is 9.82 Å². The molecule has 8 nitrogen and oxygen atoms in total. The molecule has 2 amide bonds. The Morgan fingerprint density at radius 2 is 1.86 bits per heavy atom. The Hall–Kier alpha value is -4.01. The summed E-state index contributed by atoms with van der Waals surface area (Å²) in [6.45, 7) is 1.73. The number of amides is 2. The third-order valence-corrected chi connectivity index (χ3v) is 3.68. The number of nitrogens with two attached hydrogens (primary N) is 1. The number of halogens is 1. The number of nitrogens with one attached hydrogen (secondary N) is 1. The topological polar surface area (TPSA) is 112 Å². The van der Waals surface area contributed by atoms with Crippen LogP contribution in [0, 0.1) is 12.7 Å². The molecule has 3 aromatic rings. The van der Waals surface area contributed by atoms with Gasteiger partial charge < -0.3 is 10.5 Å². The van der Waals surface area contributed by atoms with Crippen LogP contribution in [-0.4, -0.2) is 27.8 Å². The van der Waals surface area contributed by atoms with Gasteiger partial charge in [0.05, 0.1) is 23.2 Å². The Balaban J connectivity index is 2.01. The molecule has 0 spiro atoms. The number of hydrogen-bond acceptors (Lipinski definition) is 5. The maximum absolute atomic E-state index is 13.2. The number of hydrogen-bond donors (Lipinski definition) is 2. The minimum absolute atomic E-state index is 0.299. The van der Waals surface area contributed by atoms with Crippen molar-refractivity contribution in [2.45, 2.75) is 6.92 Å². The van der Waals surface area contributed by atoms with Gasteiger partial charge in [0, 0.05) is 0 Å². The minimum atomic E-state index is -1.16. The van der Waals surface area contributed by atoms with E-state index in [-0.39, 0.29) is 0 Å². The summed E-state index contributed by atoms with van der Waals surface area (Å²) in [5.41, 5.74) is 8.63. The third kappa shape index (κ3) is 4.21. The third-order valence-electron chi connectivity index (χ3n) is 3.68. The number of nitrogens with zero attached hydrogens (tertiary/aromatic N) is 3. The summed E-state index contributed by atoms with van der Waals surface area (Å²) in [7, 11) is 0. The van der Waals surface area contributed by atoms with Crippen molar-refractivity contribution in [2.75, 3.05) is 0 Å².